The zero-order valence-corrected chi connectivity index (χ0v) is 12.0. The third kappa shape index (κ3) is 3.70. The molecule has 110 valence electrons. The zero-order valence-electron chi connectivity index (χ0n) is 12.0. The minimum absolute atomic E-state index is 0.181. The highest BCUT2D eigenvalue weighted by atomic mass is 16.5. The Morgan fingerprint density at radius 3 is 2.90 bits per heavy atom. The molecule has 5 heteroatoms. The molecular weight excluding hydrogens is 266 g/mol. The van der Waals surface area contributed by atoms with Crippen LogP contribution in [-0.4, -0.2) is 22.2 Å². The number of nitrogens with zero attached hydrogens (tertiary/aromatic N) is 1. The van der Waals surface area contributed by atoms with E-state index >= 15 is 0 Å². The summed E-state index contributed by atoms with van der Waals surface area (Å²) in [7, 11) is 0. The number of hydrogen-bond donors (Lipinski definition) is 2. The van der Waals surface area contributed by atoms with Gasteiger partial charge in [-0.2, -0.15) is 5.10 Å². The summed E-state index contributed by atoms with van der Waals surface area (Å²) in [5.41, 5.74) is 2.15. The number of aromatic nitrogens is 2. The fourth-order valence-corrected chi connectivity index (χ4v) is 2.10. The third-order valence-electron chi connectivity index (χ3n) is 3.58. The molecule has 0 saturated heterocycles. The lowest BCUT2D eigenvalue weighted by Crippen LogP contribution is -2.27. The van der Waals surface area contributed by atoms with Crippen LogP contribution in [0.1, 0.15) is 36.9 Å². The topological polar surface area (TPSA) is 67.0 Å². The molecule has 2 N–H and O–H groups in total. The number of nitrogens with one attached hydrogen (secondary N) is 2. The van der Waals surface area contributed by atoms with Gasteiger partial charge in [-0.3, -0.25) is 9.89 Å². The number of carbonyl (C=O) groups is 1. The van der Waals surface area contributed by atoms with E-state index in [9.17, 15) is 4.79 Å². The lowest BCUT2D eigenvalue weighted by molar-refractivity contribution is -0.127. The molecule has 1 unspecified atom stereocenters. The van der Waals surface area contributed by atoms with Crippen molar-refractivity contribution in [1.29, 1.82) is 0 Å². The largest absolute Gasteiger partial charge is 0.364 e. The van der Waals surface area contributed by atoms with Gasteiger partial charge in [-0.1, -0.05) is 30.3 Å². The molecule has 5 nitrogen and oxygen atoms in total. The predicted molar refractivity (Wildman–Crippen MR) is 79.9 cm³/mol. The molecule has 0 bridgehead atoms. The fraction of sp³-hybridized carbons (Fsp3) is 0.375. The van der Waals surface area contributed by atoms with Crippen molar-refractivity contribution in [3.63, 3.8) is 0 Å². The molecule has 1 aliphatic carbocycles. The summed E-state index contributed by atoms with van der Waals surface area (Å²) in [6.45, 7) is 2.16. The molecule has 0 radical (unpaired) electrons. The van der Waals surface area contributed by atoms with Gasteiger partial charge >= 0.3 is 0 Å². The summed E-state index contributed by atoms with van der Waals surface area (Å²) in [6.07, 6.45) is 1.88. The van der Waals surface area contributed by atoms with Crippen molar-refractivity contribution < 1.29 is 9.53 Å². The number of rotatable bonds is 6. The first-order chi connectivity index (χ1) is 10.2. The number of aromatic amines is 1. The lowest BCUT2D eigenvalue weighted by Gasteiger charge is -2.12. The Hall–Kier alpha value is -2.14. The molecule has 1 aromatic carbocycles. The standard InChI is InChI=1S/C16H19N3O2/c1-11(21-10-12-5-3-2-4-6-12)16(20)17-15-9-14(18-19-15)13-7-8-13/h2-6,9,11,13H,7-8,10H2,1H3,(H2,17,18,19,20). The molecule has 2 aromatic rings. The first kappa shape index (κ1) is 13.8. The maximum Gasteiger partial charge on any atom is 0.254 e. The second kappa shape index (κ2) is 6.10. The van der Waals surface area contributed by atoms with Gasteiger partial charge in [-0.15, -0.1) is 0 Å². The van der Waals surface area contributed by atoms with E-state index in [1.54, 1.807) is 6.92 Å². The molecule has 1 fully saturated rings. The normalized spacial score (nSPS) is 15.7. The van der Waals surface area contributed by atoms with Crippen LogP contribution < -0.4 is 5.32 Å². The van der Waals surface area contributed by atoms with Crippen LogP contribution in [0, 0.1) is 0 Å². The SMILES string of the molecule is CC(OCc1ccccc1)C(=O)Nc1cc(C2CC2)[nH]n1. The van der Waals surface area contributed by atoms with Crippen molar-refractivity contribution in [2.24, 2.45) is 0 Å². The van der Waals surface area contributed by atoms with Gasteiger partial charge in [-0.05, 0) is 25.3 Å². The second-order valence-electron chi connectivity index (χ2n) is 5.41. The minimum atomic E-state index is -0.522. The molecule has 1 aliphatic rings. The Balaban J connectivity index is 1.49. The quantitative estimate of drug-likeness (QED) is 0.857. The first-order valence-corrected chi connectivity index (χ1v) is 7.24. The van der Waals surface area contributed by atoms with Gasteiger partial charge in [0.1, 0.15) is 6.10 Å². The highest BCUT2D eigenvalue weighted by Gasteiger charge is 2.26. The Kier molecular flexibility index (Phi) is 4.01. The van der Waals surface area contributed by atoms with E-state index in [0.717, 1.165) is 11.3 Å². The van der Waals surface area contributed by atoms with Crippen LogP contribution in [0.2, 0.25) is 0 Å². The van der Waals surface area contributed by atoms with E-state index in [1.807, 2.05) is 36.4 Å². The fourth-order valence-electron chi connectivity index (χ4n) is 2.10. The summed E-state index contributed by atoms with van der Waals surface area (Å²) in [4.78, 5) is 12.0. The number of anilines is 1. The summed E-state index contributed by atoms with van der Waals surface area (Å²) in [5, 5.41) is 9.84. The zero-order chi connectivity index (χ0) is 14.7. The molecule has 0 aliphatic heterocycles. The Bertz CT molecular complexity index is 605. The maximum absolute atomic E-state index is 12.0. The average molecular weight is 285 g/mol. The first-order valence-electron chi connectivity index (χ1n) is 7.24. The van der Waals surface area contributed by atoms with Crippen molar-refractivity contribution in [3.05, 3.63) is 47.7 Å². The van der Waals surface area contributed by atoms with Crippen molar-refractivity contribution in [2.45, 2.75) is 38.4 Å². The van der Waals surface area contributed by atoms with E-state index in [2.05, 4.69) is 15.5 Å². The Morgan fingerprint density at radius 1 is 1.43 bits per heavy atom. The van der Waals surface area contributed by atoms with Gasteiger partial charge in [-0.25, -0.2) is 0 Å². The van der Waals surface area contributed by atoms with Crippen LogP contribution in [0.4, 0.5) is 5.82 Å². The molecule has 3 rings (SSSR count). The minimum Gasteiger partial charge on any atom is -0.364 e. The number of hydrogen-bond acceptors (Lipinski definition) is 3. The molecule has 1 amide bonds. The summed E-state index contributed by atoms with van der Waals surface area (Å²) in [5.74, 6) is 0.978. The average Bonchev–Trinajstić information content (AvgIpc) is 3.26. The Labute approximate surface area is 123 Å². The molecule has 1 heterocycles. The second-order valence-corrected chi connectivity index (χ2v) is 5.41. The van der Waals surface area contributed by atoms with Gasteiger partial charge in [0.05, 0.1) is 6.61 Å². The third-order valence-corrected chi connectivity index (χ3v) is 3.58. The number of amides is 1. The van der Waals surface area contributed by atoms with Crippen LogP contribution >= 0.6 is 0 Å². The summed E-state index contributed by atoms with van der Waals surface area (Å²) < 4.78 is 5.58. The maximum atomic E-state index is 12.0. The van der Waals surface area contributed by atoms with Crippen LogP contribution in [0.5, 0.6) is 0 Å². The molecule has 1 atom stereocenters. The molecular formula is C16H19N3O2. The molecule has 0 spiro atoms. The number of ether oxygens (including phenoxy) is 1. The lowest BCUT2D eigenvalue weighted by atomic mass is 10.2. The van der Waals surface area contributed by atoms with Crippen molar-refractivity contribution in [3.8, 4) is 0 Å². The van der Waals surface area contributed by atoms with E-state index in [0.29, 0.717) is 18.3 Å². The highest BCUT2D eigenvalue weighted by molar-refractivity contribution is 5.93. The van der Waals surface area contributed by atoms with Crippen molar-refractivity contribution >= 4 is 11.7 Å². The van der Waals surface area contributed by atoms with Crippen molar-refractivity contribution in [1.82, 2.24) is 10.2 Å². The van der Waals surface area contributed by atoms with Crippen molar-refractivity contribution in [2.75, 3.05) is 5.32 Å². The van der Waals surface area contributed by atoms with Crippen LogP contribution in [0.15, 0.2) is 36.4 Å². The highest BCUT2D eigenvalue weighted by Crippen LogP contribution is 2.39. The molecule has 1 saturated carbocycles. The van der Waals surface area contributed by atoms with E-state index < -0.39 is 6.10 Å². The van der Waals surface area contributed by atoms with E-state index in [-0.39, 0.29) is 5.91 Å². The number of H-pyrrole nitrogens is 1. The number of benzene rings is 1. The summed E-state index contributed by atoms with van der Waals surface area (Å²) in [6, 6.07) is 11.7. The summed E-state index contributed by atoms with van der Waals surface area (Å²) >= 11 is 0. The van der Waals surface area contributed by atoms with E-state index in [1.165, 1.54) is 12.8 Å². The molecule has 21 heavy (non-hydrogen) atoms. The van der Waals surface area contributed by atoms with Gasteiger partial charge in [0.15, 0.2) is 5.82 Å². The number of carbonyl (C=O) groups excluding carboxylic acids is 1. The van der Waals surface area contributed by atoms with Crippen LogP contribution in [0.3, 0.4) is 0 Å². The van der Waals surface area contributed by atoms with Gasteiger partial charge < -0.3 is 10.1 Å². The monoisotopic (exact) mass is 285 g/mol. The van der Waals surface area contributed by atoms with Gasteiger partial charge in [0.2, 0.25) is 0 Å². The predicted octanol–water partition coefficient (Wildman–Crippen LogP) is 2.83. The van der Waals surface area contributed by atoms with E-state index in [4.69, 9.17) is 4.74 Å². The van der Waals surface area contributed by atoms with Gasteiger partial charge in [0.25, 0.3) is 5.91 Å². The van der Waals surface area contributed by atoms with Crippen LogP contribution in [-0.2, 0) is 16.1 Å². The molecule has 1 aromatic heterocycles. The van der Waals surface area contributed by atoms with Crippen LogP contribution in [0.25, 0.3) is 0 Å². The Morgan fingerprint density at radius 2 is 2.19 bits per heavy atom. The smallest absolute Gasteiger partial charge is 0.254 e. The van der Waals surface area contributed by atoms with Gasteiger partial charge in [0, 0.05) is 17.7 Å².